The fraction of sp³-hybridized carbons (Fsp3) is 0.0526. The number of nitro benzene ring substituents is 1. The van der Waals surface area contributed by atoms with E-state index < -0.39 is 10.7 Å². The minimum absolute atomic E-state index is 0.00987. The number of aryl methyl sites for hydroxylation is 1. The van der Waals surface area contributed by atoms with Crippen molar-refractivity contribution in [2.45, 2.75) is 6.92 Å². The van der Waals surface area contributed by atoms with Crippen LogP contribution in [0.3, 0.4) is 0 Å². The minimum atomic E-state index is -0.509. The molecule has 2 aromatic carbocycles. The van der Waals surface area contributed by atoms with Crippen LogP contribution in [0.25, 0.3) is 11.3 Å². The summed E-state index contributed by atoms with van der Waals surface area (Å²) in [7, 11) is 0. The van der Waals surface area contributed by atoms with Crippen molar-refractivity contribution in [3.63, 3.8) is 0 Å². The fourth-order valence-electron chi connectivity index (χ4n) is 2.22. The van der Waals surface area contributed by atoms with Crippen molar-refractivity contribution in [1.82, 2.24) is 5.16 Å². The molecule has 1 heterocycles. The Balaban J connectivity index is 1.88. The lowest BCUT2D eigenvalue weighted by Gasteiger charge is -2.00. The molecule has 0 spiro atoms. The van der Waals surface area contributed by atoms with Crippen LogP contribution in [-0.2, 0) is 0 Å². The molecule has 0 aliphatic rings. The van der Waals surface area contributed by atoms with Gasteiger partial charge in [-0.1, -0.05) is 35.3 Å². The van der Waals surface area contributed by atoms with Gasteiger partial charge in [0.1, 0.15) is 5.69 Å². The van der Waals surface area contributed by atoms with Crippen LogP contribution in [0.15, 0.2) is 59.1 Å². The highest BCUT2D eigenvalue weighted by Crippen LogP contribution is 2.27. The predicted molar refractivity (Wildman–Crippen MR) is 91.0 cm³/mol. The number of rotatable bonds is 3. The average molecular weight is 332 g/mol. The first-order chi connectivity index (χ1) is 12.0. The molecule has 0 fully saturated rings. The number of hydrogen-bond donors (Lipinski definition) is 0. The van der Waals surface area contributed by atoms with E-state index in [-0.39, 0.29) is 11.4 Å². The lowest BCUT2D eigenvalue weighted by Crippen LogP contribution is -1.92. The molecule has 3 rings (SSSR count). The highest BCUT2D eigenvalue weighted by Gasteiger charge is 2.16. The van der Waals surface area contributed by atoms with Gasteiger partial charge in [-0.25, -0.2) is 0 Å². The molecule has 0 N–H and O–H groups in total. The van der Waals surface area contributed by atoms with Gasteiger partial charge in [-0.05, 0) is 30.5 Å². The Morgan fingerprint density at radius 3 is 2.64 bits per heavy atom. The molecule has 0 saturated carbocycles. The Bertz CT molecular complexity index is 1010. The van der Waals surface area contributed by atoms with E-state index in [0.717, 1.165) is 5.56 Å². The van der Waals surface area contributed by atoms with E-state index in [1.807, 2.05) is 18.2 Å². The summed E-state index contributed by atoms with van der Waals surface area (Å²) in [5.74, 6) is 4.73. The van der Waals surface area contributed by atoms with Gasteiger partial charge in [0.2, 0.25) is 5.76 Å². The second kappa shape index (κ2) is 6.81. The number of non-ortho nitro benzene ring substituents is 1. The lowest BCUT2D eigenvalue weighted by atomic mass is 10.0. The fourth-order valence-corrected chi connectivity index (χ4v) is 2.22. The summed E-state index contributed by atoms with van der Waals surface area (Å²) in [6, 6.07) is 15.0. The minimum Gasteiger partial charge on any atom is -0.351 e. The smallest absolute Gasteiger partial charge is 0.274 e. The number of nitro groups is 1. The van der Waals surface area contributed by atoms with Gasteiger partial charge in [0.05, 0.1) is 4.92 Å². The molecule has 0 radical (unpaired) electrons. The van der Waals surface area contributed by atoms with Crippen LogP contribution in [0.5, 0.6) is 0 Å². The summed E-state index contributed by atoms with van der Waals surface area (Å²) in [4.78, 5) is 22.5. The summed E-state index contributed by atoms with van der Waals surface area (Å²) in [5.41, 5.74) is 2.33. The van der Waals surface area contributed by atoms with Crippen molar-refractivity contribution in [3.8, 4) is 23.1 Å². The summed E-state index contributed by atoms with van der Waals surface area (Å²) in [6.07, 6.45) is 0. The molecule has 0 amide bonds. The highest BCUT2D eigenvalue weighted by molar-refractivity contribution is 6.07. The standard InChI is InChI=1S/C19H12N2O4/c1-13-7-9-15(21(23)24)11-16(13)17-12-19(25-20-17)18(22)10-8-14-5-3-2-4-6-14/h2-7,9,11-12H,1H3. The highest BCUT2D eigenvalue weighted by atomic mass is 16.6. The summed E-state index contributed by atoms with van der Waals surface area (Å²) in [5, 5.41) is 14.8. The number of hydrogen-bond acceptors (Lipinski definition) is 5. The first-order valence-corrected chi connectivity index (χ1v) is 7.38. The van der Waals surface area contributed by atoms with Gasteiger partial charge < -0.3 is 4.52 Å². The average Bonchev–Trinajstić information content (AvgIpc) is 3.10. The largest absolute Gasteiger partial charge is 0.351 e. The zero-order valence-corrected chi connectivity index (χ0v) is 13.2. The van der Waals surface area contributed by atoms with Crippen molar-refractivity contribution < 1.29 is 14.2 Å². The Hall–Kier alpha value is -3.72. The molecular weight excluding hydrogens is 320 g/mol. The molecule has 0 aliphatic carbocycles. The molecule has 6 heteroatoms. The zero-order chi connectivity index (χ0) is 17.8. The van der Waals surface area contributed by atoms with E-state index in [9.17, 15) is 14.9 Å². The van der Waals surface area contributed by atoms with E-state index in [2.05, 4.69) is 17.0 Å². The van der Waals surface area contributed by atoms with Crippen molar-refractivity contribution in [3.05, 3.63) is 81.6 Å². The van der Waals surface area contributed by atoms with Crippen LogP contribution in [0.4, 0.5) is 5.69 Å². The molecule has 3 aromatic rings. The second-order valence-electron chi connectivity index (χ2n) is 5.28. The quantitative estimate of drug-likeness (QED) is 0.315. The number of carbonyl (C=O) groups is 1. The Labute approximate surface area is 143 Å². The summed E-state index contributed by atoms with van der Waals surface area (Å²) < 4.78 is 5.05. The van der Waals surface area contributed by atoms with Gasteiger partial charge in [-0.15, -0.1) is 0 Å². The van der Waals surface area contributed by atoms with Gasteiger partial charge in [0.15, 0.2) is 0 Å². The van der Waals surface area contributed by atoms with E-state index in [4.69, 9.17) is 4.52 Å². The maximum atomic E-state index is 12.1. The van der Waals surface area contributed by atoms with Crippen LogP contribution in [0.2, 0.25) is 0 Å². The summed E-state index contributed by atoms with van der Waals surface area (Å²) in [6.45, 7) is 1.80. The third-order valence-corrected chi connectivity index (χ3v) is 3.54. The first-order valence-electron chi connectivity index (χ1n) is 7.38. The Morgan fingerprint density at radius 2 is 1.92 bits per heavy atom. The Morgan fingerprint density at radius 1 is 1.16 bits per heavy atom. The molecule has 122 valence electrons. The number of ketones is 1. The van der Waals surface area contributed by atoms with Crippen molar-refractivity contribution in [2.24, 2.45) is 0 Å². The molecule has 0 bridgehead atoms. The number of benzene rings is 2. The Kier molecular flexibility index (Phi) is 4.40. The van der Waals surface area contributed by atoms with Crippen LogP contribution >= 0.6 is 0 Å². The van der Waals surface area contributed by atoms with E-state index >= 15 is 0 Å². The van der Waals surface area contributed by atoms with Gasteiger partial charge in [0.25, 0.3) is 11.5 Å². The van der Waals surface area contributed by atoms with Crippen molar-refractivity contribution >= 4 is 11.5 Å². The van der Waals surface area contributed by atoms with Crippen molar-refractivity contribution in [1.29, 1.82) is 0 Å². The van der Waals surface area contributed by atoms with Gasteiger partial charge in [-0.3, -0.25) is 14.9 Å². The van der Waals surface area contributed by atoms with Gasteiger partial charge in [0, 0.05) is 29.3 Å². The zero-order valence-electron chi connectivity index (χ0n) is 13.2. The van der Waals surface area contributed by atoms with Crippen LogP contribution in [0, 0.1) is 28.9 Å². The number of nitrogens with zero attached hydrogens (tertiary/aromatic N) is 2. The van der Waals surface area contributed by atoms with E-state index in [1.54, 1.807) is 25.1 Å². The second-order valence-corrected chi connectivity index (χ2v) is 5.28. The van der Waals surface area contributed by atoms with Crippen LogP contribution in [0.1, 0.15) is 21.7 Å². The number of carbonyl (C=O) groups excluding carboxylic acids is 1. The SMILES string of the molecule is Cc1ccc([N+](=O)[O-])cc1-c1cc(C(=O)C#Cc2ccccc2)on1. The van der Waals surface area contributed by atoms with Gasteiger partial charge in [-0.2, -0.15) is 0 Å². The molecule has 25 heavy (non-hydrogen) atoms. The lowest BCUT2D eigenvalue weighted by molar-refractivity contribution is -0.384. The molecule has 0 aliphatic heterocycles. The molecule has 0 saturated heterocycles. The molecule has 0 unspecified atom stereocenters. The van der Waals surface area contributed by atoms with Crippen LogP contribution < -0.4 is 0 Å². The first kappa shape index (κ1) is 16.1. The molecule has 6 nitrogen and oxygen atoms in total. The number of aromatic nitrogens is 1. The van der Waals surface area contributed by atoms with Crippen molar-refractivity contribution in [2.75, 3.05) is 0 Å². The van der Waals surface area contributed by atoms with Crippen LogP contribution in [-0.4, -0.2) is 15.9 Å². The molecule has 1 aromatic heterocycles. The normalized spacial score (nSPS) is 9.96. The maximum absolute atomic E-state index is 12.1. The third kappa shape index (κ3) is 3.62. The maximum Gasteiger partial charge on any atom is 0.274 e. The molecule has 0 atom stereocenters. The van der Waals surface area contributed by atoms with E-state index in [1.165, 1.54) is 18.2 Å². The summed E-state index contributed by atoms with van der Waals surface area (Å²) >= 11 is 0. The molecular formula is C19H12N2O4. The topological polar surface area (TPSA) is 86.2 Å². The predicted octanol–water partition coefficient (Wildman–Crippen LogP) is 3.79. The van der Waals surface area contributed by atoms with Gasteiger partial charge >= 0.3 is 0 Å². The third-order valence-electron chi connectivity index (χ3n) is 3.54. The monoisotopic (exact) mass is 332 g/mol. The number of Topliss-reactive ketones (excluding diaryl/α,β-unsaturated/α-hetero) is 1. The van der Waals surface area contributed by atoms with E-state index in [0.29, 0.717) is 16.8 Å².